The summed E-state index contributed by atoms with van der Waals surface area (Å²) in [6, 6.07) is 26.1. The Kier molecular flexibility index (Phi) is 4.30. The van der Waals surface area contributed by atoms with Gasteiger partial charge in [-0.3, -0.25) is 9.98 Å². The molecule has 7 rings (SSSR count). The molecule has 166 valence electrons. The van der Waals surface area contributed by atoms with Crippen LogP contribution in [0, 0.1) is 0 Å². The van der Waals surface area contributed by atoms with Crippen molar-refractivity contribution in [2.24, 2.45) is 9.98 Å². The summed E-state index contributed by atoms with van der Waals surface area (Å²) in [6.07, 6.45) is 0. The Bertz CT molecular complexity index is 1600. The van der Waals surface area contributed by atoms with Crippen molar-refractivity contribution in [1.82, 2.24) is 20.6 Å². The lowest BCUT2D eigenvalue weighted by atomic mass is 10.1. The number of nitrogens with zero attached hydrogens (tertiary/aromatic N) is 2. The predicted octanol–water partition coefficient (Wildman–Crippen LogP) is 4.68. The van der Waals surface area contributed by atoms with Crippen LogP contribution in [0.15, 0.2) is 82.8 Å². The molecule has 5 aromatic rings. The topological polar surface area (TPSA) is 80.4 Å². The van der Waals surface area contributed by atoms with Gasteiger partial charge in [-0.15, -0.1) is 0 Å². The molecule has 0 unspecified atom stereocenters. The Morgan fingerprint density at radius 3 is 1.62 bits per heavy atom. The number of H-pyrrole nitrogens is 2. The van der Waals surface area contributed by atoms with Crippen LogP contribution in [0.25, 0.3) is 44.3 Å². The van der Waals surface area contributed by atoms with E-state index in [4.69, 9.17) is 0 Å². The molecule has 2 aliphatic rings. The van der Waals surface area contributed by atoms with Gasteiger partial charge in [0.25, 0.3) is 0 Å². The van der Waals surface area contributed by atoms with Crippen LogP contribution in [0.4, 0.5) is 0 Å². The summed E-state index contributed by atoms with van der Waals surface area (Å²) in [5.74, 6) is 1.98. The van der Waals surface area contributed by atoms with Crippen LogP contribution in [0.1, 0.15) is 11.1 Å². The largest absolute Gasteiger partial charge is 0.368 e. The molecule has 2 aliphatic heterocycles. The number of rotatable bonds is 4. The summed E-state index contributed by atoms with van der Waals surface area (Å²) in [7, 11) is 0. The van der Waals surface area contributed by atoms with Gasteiger partial charge in [0.05, 0.1) is 13.1 Å². The van der Waals surface area contributed by atoms with Gasteiger partial charge in [-0.25, -0.2) is 0 Å². The predicted molar refractivity (Wildman–Crippen MR) is 140 cm³/mol. The summed E-state index contributed by atoms with van der Waals surface area (Å²) in [4.78, 5) is 16.3. The second-order valence-electron chi connectivity index (χ2n) is 8.86. The summed E-state index contributed by atoms with van der Waals surface area (Å²) in [5.41, 5.74) is 9.08. The first-order valence-corrected chi connectivity index (χ1v) is 11.7. The van der Waals surface area contributed by atoms with E-state index in [1.165, 1.54) is 16.3 Å². The Morgan fingerprint density at radius 1 is 0.500 bits per heavy atom. The van der Waals surface area contributed by atoms with Crippen molar-refractivity contribution in [1.29, 1.82) is 0 Å². The third-order valence-electron chi connectivity index (χ3n) is 6.65. The SMILES string of the molecule is c1cc(-c2cc3ccc(-c4cc5ccc(C6=NCCN6)cc5[nH]4)cc3[nH]2)ccc1C1=NCCN1. The van der Waals surface area contributed by atoms with Crippen LogP contribution < -0.4 is 10.6 Å². The van der Waals surface area contributed by atoms with Crippen LogP contribution in [0.2, 0.25) is 0 Å². The molecular formula is C28H24N6. The number of fused-ring (bicyclic) bond motifs is 2. The van der Waals surface area contributed by atoms with Gasteiger partial charge in [0.15, 0.2) is 0 Å². The maximum atomic E-state index is 4.54. The normalized spacial score (nSPS) is 15.4. The zero-order valence-electron chi connectivity index (χ0n) is 18.7. The lowest BCUT2D eigenvalue weighted by Crippen LogP contribution is -2.19. The Labute approximate surface area is 196 Å². The lowest BCUT2D eigenvalue weighted by Gasteiger charge is -2.03. The zero-order chi connectivity index (χ0) is 22.5. The van der Waals surface area contributed by atoms with Crippen LogP contribution in [-0.4, -0.2) is 47.8 Å². The summed E-state index contributed by atoms with van der Waals surface area (Å²) < 4.78 is 0. The average Bonchev–Trinajstić information content (AvgIpc) is 3.69. The highest BCUT2D eigenvalue weighted by molar-refractivity contribution is 6.03. The molecule has 0 saturated carbocycles. The molecule has 0 spiro atoms. The molecule has 4 N–H and O–H groups in total. The number of aromatic amines is 2. The molecule has 0 fully saturated rings. The zero-order valence-corrected chi connectivity index (χ0v) is 18.7. The molecule has 0 bridgehead atoms. The number of benzene rings is 3. The Hall–Kier alpha value is -4.32. The van der Waals surface area contributed by atoms with Gasteiger partial charge in [-0.1, -0.05) is 48.5 Å². The smallest absolute Gasteiger partial charge is 0.128 e. The first-order chi connectivity index (χ1) is 16.8. The monoisotopic (exact) mass is 444 g/mol. The van der Waals surface area contributed by atoms with Crippen molar-refractivity contribution in [3.63, 3.8) is 0 Å². The highest BCUT2D eigenvalue weighted by Gasteiger charge is 2.12. The number of aliphatic imine (C=N–C) groups is 2. The minimum absolute atomic E-state index is 0.845. The van der Waals surface area contributed by atoms with Crippen molar-refractivity contribution in [2.45, 2.75) is 0 Å². The van der Waals surface area contributed by atoms with Crippen LogP contribution >= 0.6 is 0 Å². The minimum atomic E-state index is 0.845. The molecule has 0 radical (unpaired) electrons. The van der Waals surface area contributed by atoms with Crippen LogP contribution in [0.5, 0.6) is 0 Å². The summed E-state index contributed by atoms with van der Waals surface area (Å²) >= 11 is 0. The minimum Gasteiger partial charge on any atom is -0.368 e. The first-order valence-electron chi connectivity index (χ1n) is 11.7. The molecular weight excluding hydrogens is 420 g/mol. The van der Waals surface area contributed by atoms with Crippen LogP contribution in [0.3, 0.4) is 0 Å². The van der Waals surface area contributed by atoms with Crippen molar-refractivity contribution in [3.8, 4) is 22.5 Å². The Balaban J connectivity index is 1.20. The van der Waals surface area contributed by atoms with Crippen molar-refractivity contribution < 1.29 is 0 Å². The molecule has 0 atom stereocenters. The second-order valence-corrected chi connectivity index (χ2v) is 8.86. The van der Waals surface area contributed by atoms with E-state index < -0.39 is 0 Å². The van der Waals surface area contributed by atoms with E-state index in [0.717, 1.165) is 77.0 Å². The molecule has 0 saturated heterocycles. The fourth-order valence-electron chi connectivity index (χ4n) is 4.87. The second kappa shape index (κ2) is 7.63. The van der Waals surface area contributed by atoms with Gasteiger partial charge in [-0.05, 0) is 29.8 Å². The molecule has 0 aliphatic carbocycles. The quantitative estimate of drug-likeness (QED) is 0.325. The molecule has 6 nitrogen and oxygen atoms in total. The van der Waals surface area contributed by atoms with Gasteiger partial charge in [0, 0.05) is 63.0 Å². The van der Waals surface area contributed by atoms with E-state index in [0.29, 0.717) is 0 Å². The lowest BCUT2D eigenvalue weighted by molar-refractivity contribution is 0.960. The molecule has 2 aromatic heterocycles. The standard InChI is InChI=1S/C28H24N6/c1-3-18(27-29-9-10-30-27)4-2-17(1)23-13-19-5-6-20(14-24(19)33-23)25-15-21-7-8-22(16-26(21)34-25)28-31-11-12-32-28/h1-8,13-16,33-34H,9-12H2,(H,29,30)(H,31,32). The van der Waals surface area contributed by atoms with E-state index in [-0.39, 0.29) is 0 Å². The number of aromatic nitrogens is 2. The van der Waals surface area contributed by atoms with E-state index in [9.17, 15) is 0 Å². The number of hydrogen-bond donors (Lipinski definition) is 4. The third kappa shape index (κ3) is 3.27. The van der Waals surface area contributed by atoms with Crippen molar-refractivity contribution in [3.05, 3.63) is 83.9 Å². The fraction of sp³-hybridized carbons (Fsp3) is 0.143. The first kappa shape index (κ1) is 19.2. The number of hydrogen-bond acceptors (Lipinski definition) is 4. The van der Waals surface area contributed by atoms with E-state index >= 15 is 0 Å². The highest BCUT2D eigenvalue weighted by Crippen LogP contribution is 2.30. The number of nitrogens with one attached hydrogen (secondary N) is 4. The summed E-state index contributed by atoms with van der Waals surface area (Å²) in [6.45, 7) is 3.53. The number of amidine groups is 2. The van der Waals surface area contributed by atoms with Gasteiger partial charge in [0.2, 0.25) is 0 Å². The highest BCUT2D eigenvalue weighted by atomic mass is 15.1. The average molecular weight is 445 g/mol. The van der Waals surface area contributed by atoms with E-state index in [1.807, 2.05) is 0 Å². The molecule has 4 heterocycles. The third-order valence-corrected chi connectivity index (χ3v) is 6.65. The maximum Gasteiger partial charge on any atom is 0.128 e. The van der Waals surface area contributed by atoms with Gasteiger partial charge in [0.1, 0.15) is 11.7 Å². The maximum absolute atomic E-state index is 4.54. The van der Waals surface area contributed by atoms with Gasteiger partial charge in [-0.2, -0.15) is 0 Å². The summed E-state index contributed by atoms with van der Waals surface area (Å²) in [5, 5.41) is 9.09. The van der Waals surface area contributed by atoms with Crippen molar-refractivity contribution in [2.75, 3.05) is 26.2 Å². The molecule has 6 heteroatoms. The molecule has 3 aromatic carbocycles. The molecule has 0 amide bonds. The van der Waals surface area contributed by atoms with Gasteiger partial charge < -0.3 is 20.6 Å². The fourth-order valence-corrected chi connectivity index (χ4v) is 4.87. The van der Waals surface area contributed by atoms with E-state index in [1.54, 1.807) is 0 Å². The molecule has 34 heavy (non-hydrogen) atoms. The van der Waals surface area contributed by atoms with Gasteiger partial charge >= 0.3 is 0 Å². The van der Waals surface area contributed by atoms with Crippen LogP contribution in [-0.2, 0) is 0 Å². The van der Waals surface area contributed by atoms with E-state index in [2.05, 4.69) is 103 Å². The Morgan fingerprint density at radius 2 is 1.00 bits per heavy atom. The van der Waals surface area contributed by atoms with Crippen molar-refractivity contribution >= 4 is 33.5 Å².